The molecule has 0 amide bonds. The predicted octanol–water partition coefficient (Wildman–Crippen LogP) is 6.19. The van der Waals surface area contributed by atoms with Gasteiger partial charge in [0.15, 0.2) is 13.6 Å². The lowest BCUT2D eigenvalue weighted by Crippen LogP contribution is -2.39. The Balaban J connectivity index is 2.14. The summed E-state index contributed by atoms with van der Waals surface area (Å²) < 4.78 is 30.2. The van der Waals surface area contributed by atoms with Crippen LogP contribution in [0.3, 0.4) is 0 Å². The summed E-state index contributed by atoms with van der Waals surface area (Å²) in [5.74, 6) is 0.671. The van der Waals surface area contributed by atoms with E-state index < -0.39 is 18.5 Å². The van der Waals surface area contributed by atoms with Crippen molar-refractivity contribution >= 4 is 19.1 Å². The van der Waals surface area contributed by atoms with E-state index in [1.807, 2.05) is 32.9 Å². The highest BCUT2D eigenvalue weighted by molar-refractivity contribution is 7.67. The fraction of sp³-hybridized carbons (Fsp3) is 0.462. The van der Waals surface area contributed by atoms with Crippen LogP contribution in [0.25, 0.3) is 0 Å². The molecule has 1 radical (unpaired) electrons. The van der Waals surface area contributed by atoms with Crippen LogP contribution in [-0.2, 0) is 4.57 Å². The molecule has 33 heavy (non-hydrogen) atoms. The number of carbonyl (C=O) groups excluding carboxylic acids is 2. The van der Waals surface area contributed by atoms with Crippen molar-refractivity contribution in [1.82, 2.24) is 0 Å². The molecule has 2 aromatic carbocycles. The van der Waals surface area contributed by atoms with Crippen LogP contribution in [0.5, 0.6) is 17.2 Å². The molecule has 0 spiro atoms. The highest BCUT2D eigenvalue weighted by Crippen LogP contribution is 2.55. The Morgan fingerprint density at radius 3 is 1.76 bits per heavy atom. The molecule has 2 aromatic rings. The molecule has 7 heteroatoms. The van der Waals surface area contributed by atoms with Gasteiger partial charge in [-0.2, -0.15) is 0 Å². The Kier molecular flexibility index (Phi) is 7.58. The minimum Gasteiger partial charge on any atom is -0.496 e. The van der Waals surface area contributed by atoms with Crippen molar-refractivity contribution in [2.24, 2.45) is 0 Å². The van der Waals surface area contributed by atoms with E-state index in [9.17, 15) is 14.2 Å². The molecule has 6 nitrogen and oxygen atoms in total. The molecular formula is C26H32O6P. The minimum absolute atomic E-state index is 0.0806. The highest BCUT2D eigenvalue weighted by Gasteiger charge is 2.50. The number of hydrogen-bond acceptors (Lipinski definition) is 6. The zero-order valence-corrected chi connectivity index (χ0v) is 21.1. The molecule has 3 rings (SSSR count). The molecule has 1 fully saturated rings. The van der Waals surface area contributed by atoms with Gasteiger partial charge in [0.05, 0.1) is 21.3 Å². The predicted molar refractivity (Wildman–Crippen MR) is 129 cm³/mol. The van der Waals surface area contributed by atoms with Gasteiger partial charge < -0.3 is 14.2 Å². The van der Waals surface area contributed by atoms with Gasteiger partial charge in [0.2, 0.25) is 5.52 Å². The molecule has 1 saturated carbocycles. The first-order chi connectivity index (χ1) is 15.7. The van der Waals surface area contributed by atoms with Crippen molar-refractivity contribution in [3.8, 4) is 17.2 Å². The maximum atomic E-state index is 14.1. The van der Waals surface area contributed by atoms with Crippen LogP contribution in [0.4, 0.5) is 0 Å². The van der Waals surface area contributed by atoms with Gasteiger partial charge in [-0.1, -0.05) is 37.0 Å². The highest BCUT2D eigenvalue weighted by atomic mass is 31.1. The Labute approximate surface area is 196 Å². The quantitative estimate of drug-likeness (QED) is 0.337. The van der Waals surface area contributed by atoms with Gasteiger partial charge in [-0.3, -0.25) is 14.2 Å². The third-order valence-electron chi connectivity index (χ3n) is 6.51. The van der Waals surface area contributed by atoms with Gasteiger partial charge in [-0.05, 0) is 44.7 Å². The van der Waals surface area contributed by atoms with Crippen LogP contribution in [-0.4, -0.2) is 37.8 Å². The fourth-order valence-corrected chi connectivity index (χ4v) is 6.77. The molecule has 0 aromatic heterocycles. The molecule has 1 unspecified atom stereocenters. The molecule has 0 aliphatic heterocycles. The van der Waals surface area contributed by atoms with Crippen LogP contribution >= 0.6 is 7.80 Å². The topological polar surface area (TPSA) is 78.9 Å². The van der Waals surface area contributed by atoms with Crippen LogP contribution in [0, 0.1) is 20.8 Å². The number of hydrogen-bond donors (Lipinski definition) is 0. The SMILES string of the molecule is COc1cc(OC)c(C(=O)[P](=O)C2(C(=O)c3c(C)cc(C)cc3C)CCCCC2)c(OC)c1. The molecule has 0 heterocycles. The van der Waals surface area contributed by atoms with Crippen molar-refractivity contribution in [2.75, 3.05) is 21.3 Å². The number of aryl methyl sites for hydroxylation is 3. The van der Waals surface area contributed by atoms with E-state index in [1.54, 1.807) is 12.1 Å². The first-order valence-electron chi connectivity index (χ1n) is 11.1. The number of methoxy groups -OCH3 is 3. The molecule has 0 N–H and O–H groups in total. The normalized spacial score (nSPS) is 15.5. The molecule has 177 valence electrons. The van der Waals surface area contributed by atoms with Crippen LogP contribution in [0.1, 0.15) is 69.5 Å². The summed E-state index contributed by atoms with van der Waals surface area (Å²) >= 11 is 0. The van der Waals surface area contributed by atoms with Gasteiger partial charge in [-0.15, -0.1) is 0 Å². The number of carbonyl (C=O) groups is 2. The lowest BCUT2D eigenvalue weighted by atomic mass is 9.80. The van der Waals surface area contributed by atoms with E-state index in [1.165, 1.54) is 21.3 Å². The maximum absolute atomic E-state index is 14.1. The minimum atomic E-state index is -2.61. The molecule has 0 saturated heterocycles. The van der Waals surface area contributed by atoms with Gasteiger partial charge in [0, 0.05) is 17.7 Å². The number of rotatable bonds is 8. The summed E-state index contributed by atoms with van der Waals surface area (Å²) in [4.78, 5) is 27.8. The third-order valence-corrected chi connectivity index (χ3v) is 8.53. The summed E-state index contributed by atoms with van der Waals surface area (Å²) in [7, 11) is 1.74. The van der Waals surface area contributed by atoms with E-state index in [-0.39, 0.29) is 22.8 Å². The Morgan fingerprint density at radius 1 is 0.788 bits per heavy atom. The summed E-state index contributed by atoms with van der Waals surface area (Å²) in [5.41, 5.74) is 2.78. The molecule has 1 aliphatic carbocycles. The van der Waals surface area contributed by atoms with Crippen molar-refractivity contribution in [1.29, 1.82) is 0 Å². The maximum Gasteiger partial charge on any atom is 0.250 e. The zero-order chi connectivity index (χ0) is 24.3. The smallest absolute Gasteiger partial charge is 0.250 e. The van der Waals surface area contributed by atoms with E-state index in [0.717, 1.165) is 36.0 Å². The monoisotopic (exact) mass is 471 g/mol. The van der Waals surface area contributed by atoms with E-state index in [0.29, 0.717) is 24.2 Å². The fourth-order valence-electron chi connectivity index (χ4n) is 4.94. The third kappa shape index (κ3) is 4.54. The number of ether oxygens (including phenoxy) is 3. The molecule has 1 atom stereocenters. The van der Waals surface area contributed by atoms with Gasteiger partial charge in [0.25, 0.3) is 0 Å². The second kappa shape index (κ2) is 10.0. The molecule has 0 bridgehead atoms. The van der Waals surface area contributed by atoms with E-state index in [4.69, 9.17) is 14.2 Å². The van der Waals surface area contributed by atoms with Gasteiger partial charge in [0.1, 0.15) is 28.0 Å². The lowest BCUT2D eigenvalue weighted by Gasteiger charge is -2.35. The number of ketones is 1. The summed E-state index contributed by atoms with van der Waals surface area (Å²) in [6.45, 7) is 5.78. The second-order valence-corrected chi connectivity index (χ2v) is 10.6. The van der Waals surface area contributed by atoms with Crippen LogP contribution < -0.4 is 14.2 Å². The Bertz CT molecular complexity index is 1050. The number of benzene rings is 2. The number of Topliss-reactive ketones (excluding diaryl/α,β-unsaturated/α-hetero) is 1. The summed E-state index contributed by atoms with van der Waals surface area (Å²) in [6, 6.07) is 7.04. The summed E-state index contributed by atoms with van der Waals surface area (Å²) in [5, 5.41) is -1.24. The zero-order valence-electron chi connectivity index (χ0n) is 20.2. The van der Waals surface area contributed by atoms with E-state index in [2.05, 4.69) is 0 Å². The first-order valence-corrected chi connectivity index (χ1v) is 12.4. The average molecular weight is 472 g/mol. The largest absolute Gasteiger partial charge is 0.496 e. The molecule has 1 aliphatic rings. The Hall–Kier alpha value is -2.72. The summed E-state index contributed by atoms with van der Waals surface area (Å²) in [6.07, 6.45) is 3.29. The van der Waals surface area contributed by atoms with Crippen molar-refractivity contribution in [3.05, 3.63) is 52.1 Å². The van der Waals surface area contributed by atoms with E-state index >= 15 is 0 Å². The van der Waals surface area contributed by atoms with Crippen LogP contribution in [0.15, 0.2) is 24.3 Å². The van der Waals surface area contributed by atoms with Crippen molar-refractivity contribution in [2.45, 2.75) is 58.0 Å². The first kappa shape index (κ1) is 24.9. The average Bonchev–Trinajstić information content (AvgIpc) is 2.81. The van der Waals surface area contributed by atoms with Gasteiger partial charge >= 0.3 is 0 Å². The van der Waals surface area contributed by atoms with Gasteiger partial charge in [-0.25, -0.2) is 0 Å². The second-order valence-electron chi connectivity index (χ2n) is 8.70. The lowest BCUT2D eigenvalue weighted by molar-refractivity contribution is 0.0901. The standard InChI is InChI=1S/C26H32O6P/c1-16-12-17(2)22(18(3)13-16)24(27)26(10-8-7-9-11-26)33(29)25(28)23-20(31-5)14-19(30-4)15-21(23)32-6/h12-15H,7-11H2,1-6H3. The Morgan fingerprint density at radius 2 is 1.30 bits per heavy atom. The van der Waals surface area contributed by atoms with Crippen LogP contribution in [0.2, 0.25) is 0 Å². The molecular weight excluding hydrogens is 439 g/mol. The van der Waals surface area contributed by atoms with Crippen molar-refractivity contribution < 1.29 is 28.4 Å². The van der Waals surface area contributed by atoms with Crippen molar-refractivity contribution in [3.63, 3.8) is 0 Å².